The van der Waals surface area contributed by atoms with E-state index in [2.05, 4.69) is 22.4 Å². The van der Waals surface area contributed by atoms with E-state index in [1.54, 1.807) is 6.20 Å². The van der Waals surface area contributed by atoms with E-state index < -0.39 is 0 Å². The predicted octanol–water partition coefficient (Wildman–Crippen LogP) is 3.88. The molecule has 2 aromatic rings. The Morgan fingerprint density at radius 3 is 2.57 bits per heavy atom. The Morgan fingerprint density at radius 2 is 1.90 bits per heavy atom. The summed E-state index contributed by atoms with van der Waals surface area (Å²) in [5, 5.41) is 3.36. The first-order chi connectivity index (χ1) is 10.2. The second-order valence-electron chi connectivity index (χ2n) is 4.95. The molecule has 0 aliphatic carbocycles. The Balaban J connectivity index is 1.99. The average molecular weight is 286 g/mol. The molecule has 4 heteroatoms. The van der Waals surface area contributed by atoms with Gasteiger partial charge in [0.2, 0.25) is 5.88 Å². The number of nitrogens with one attached hydrogen (secondary N) is 1. The number of pyridine rings is 1. The first-order valence-corrected chi connectivity index (χ1v) is 7.26. The van der Waals surface area contributed by atoms with Crippen LogP contribution in [0, 0.1) is 0 Å². The maximum absolute atomic E-state index is 5.69. The van der Waals surface area contributed by atoms with E-state index in [-0.39, 0.29) is 6.10 Å². The van der Waals surface area contributed by atoms with E-state index in [0.717, 1.165) is 11.4 Å². The zero-order chi connectivity index (χ0) is 15.1. The highest BCUT2D eigenvalue weighted by molar-refractivity contribution is 5.52. The molecule has 112 valence electrons. The van der Waals surface area contributed by atoms with Crippen LogP contribution in [0.1, 0.15) is 26.3 Å². The highest BCUT2D eigenvalue weighted by atomic mass is 16.5. The van der Waals surface area contributed by atoms with Gasteiger partial charge in [-0.25, -0.2) is 4.98 Å². The van der Waals surface area contributed by atoms with Crippen LogP contribution < -0.4 is 14.8 Å². The lowest BCUT2D eigenvalue weighted by Gasteiger charge is -2.14. The van der Waals surface area contributed by atoms with Crippen molar-refractivity contribution in [1.29, 1.82) is 0 Å². The molecule has 0 saturated heterocycles. The first kappa shape index (κ1) is 15.2. The van der Waals surface area contributed by atoms with Crippen molar-refractivity contribution in [2.45, 2.75) is 33.4 Å². The van der Waals surface area contributed by atoms with Crippen molar-refractivity contribution in [3.05, 3.63) is 48.2 Å². The first-order valence-electron chi connectivity index (χ1n) is 7.26. The number of anilines is 1. The summed E-state index contributed by atoms with van der Waals surface area (Å²) in [4.78, 5) is 4.26. The zero-order valence-corrected chi connectivity index (χ0v) is 12.8. The van der Waals surface area contributed by atoms with Gasteiger partial charge in [-0.2, -0.15) is 0 Å². The molecule has 1 N–H and O–H groups in total. The van der Waals surface area contributed by atoms with Gasteiger partial charge in [0.25, 0.3) is 0 Å². The highest BCUT2D eigenvalue weighted by Gasteiger charge is 2.06. The summed E-state index contributed by atoms with van der Waals surface area (Å²) in [6.45, 7) is 7.36. The molecule has 0 radical (unpaired) electrons. The smallest absolute Gasteiger partial charge is 0.237 e. The fourth-order valence-electron chi connectivity index (χ4n) is 1.91. The Labute approximate surface area is 126 Å². The molecule has 1 aromatic carbocycles. The van der Waals surface area contributed by atoms with Gasteiger partial charge < -0.3 is 14.8 Å². The SMILES string of the molecule is CCOc1ccc(CNc2cccnc2OC(C)C)cc1. The molecule has 0 fully saturated rings. The molecule has 1 heterocycles. The lowest BCUT2D eigenvalue weighted by atomic mass is 10.2. The standard InChI is InChI=1S/C17H22N2O2/c1-4-20-15-9-7-14(8-10-15)12-19-16-6-5-11-18-17(16)21-13(2)3/h5-11,13,19H,4,12H2,1-3H3. The van der Waals surface area contributed by atoms with Crippen molar-refractivity contribution in [2.24, 2.45) is 0 Å². The van der Waals surface area contributed by atoms with Gasteiger partial charge in [0.1, 0.15) is 5.75 Å². The number of aromatic nitrogens is 1. The third-order valence-corrected chi connectivity index (χ3v) is 2.84. The van der Waals surface area contributed by atoms with Crippen molar-refractivity contribution in [3.63, 3.8) is 0 Å². The summed E-state index contributed by atoms with van der Waals surface area (Å²) < 4.78 is 11.1. The van der Waals surface area contributed by atoms with Crippen LogP contribution in [0.5, 0.6) is 11.6 Å². The molecular weight excluding hydrogens is 264 g/mol. The molecule has 2 rings (SSSR count). The molecule has 21 heavy (non-hydrogen) atoms. The molecule has 0 amide bonds. The Bertz CT molecular complexity index is 553. The van der Waals surface area contributed by atoms with Gasteiger partial charge in [-0.15, -0.1) is 0 Å². The Hall–Kier alpha value is -2.23. The van der Waals surface area contributed by atoms with Crippen molar-refractivity contribution in [3.8, 4) is 11.6 Å². The number of hydrogen-bond donors (Lipinski definition) is 1. The fraction of sp³-hybridized carbons (Fsp3) is 0.353. The summed E-state index contributed by atoms with van der Waals surface area (Å²) in [6, 6.07) is 11.9. The number of nitrogens with zero attached hydrogens (tertiary/aromatic N) is 1. The summed E-state index contributed by atoms with van der Waals surface area (Å²) in [6.07, 6.45) is 1.84. The maximum Gasteiger partial charge on any atom is 0.237 e. The minimum atomic E-state index is 0.103. The van der Waals surface area contributed by atoms with Crippen molar-refractivity contribution < 1.29 is 9.47 Å². The van der Waals surface area contributed by atoms with Gasteiger partial charge in [0.05, 0.1) is 18.4 Å². The number of benzene rings is 1. The van der Waals surface area contributed by atoms with Crippen molar-refractivity contribution in [2.75, 3.05) is 11.9 Å². The zero-order valence-electron chi connectivity index (χ0n) is 12.8. The monoisotopic (exact) mass is 286 g/mol. The Kier molecular flexibility index (Phi) is 5.43. The fourth-order valence-corrected chi connectivity index (χ4v) is 1.91. The van der Waals surface area contributed by atoms with Crippen molar-refractivity contribution in [1.82, 2.24) is 4.98 Å². The normalized spacial score (nSPS) is 10.5. The lowest BCUT2D eigenvalue weighted by molar-refractivity contribution is 0.234. The lowest BCUT2D eigenvalue weighted by Crippen LogP contribution is -2.10. The van der Waals surface area contributed by atoms with Gasteiger partial charge >= 0.3 is 0 Å². The van der Waals surface area contributed by atoms with Gasteiger partial charge in [-0.3, -0.25) is 0 Å². The van der Waals surface area contributed by atoms with Gasteiger partial charge in [-0.05, 0) is 50.6 Å². The summed E-state index contributed by atoms with van der Waals surface area (Å²) in [5.74, 6) is 1.53. The van der Waals surface area contributed by atoms with Crippen LogP contribution in [0.4, 0.5) is 5.69 Å². The third-order valence-electron chi connectivity index (χ3n) is 2.84. The van der Waals surface area contributed by atoms with E-state index in [1.807, 2.05) is 45.0 Å². The van der Waals surface area contributed by atoms with E-state index >= 15 is 0 Å². The second kappa shape index (κ2) is 7.53. The van der Waals surface area contributed by atoms with Gasteiger partial charge in [0.15, 0.2) is 0 Å². The molecule has 0 atom stereocenters. The average Bonchev–Trinajstić information content (AvgIpc) is 2.48. The molecule has 0 bridgehead atoms. The molecule has 0 aliphatic rings. The quantitative estimate of drug-likeness (QED) is 0.839. The molecule has 0 spiro atoms. The Morgan fingerprint density at radius 1 is 1.14 bits per heavy atom. The van der Waals surface area contributed by atoms with Gasteiger partial charge in [0, 0.05) is 12.7 Å². The number of rotatable bonds is 7. The summed E-state index contributed by atoms with van der Waals surface area (Å²) in [7, 11) is 0. The summed E-state index contributed by atoms with van der Waals surface area (Å²) >= 11 is 0. The molecule has 1 aromatic heterocycles. The number of hydrogen-bond acceptors (Lipinski definition) is 4. The molecule has 0 saturated carbocycles. The molecular formula is C17H22N2O2. The maximum atomic E-state index is 5.69. The minimum Gasteiger partial charge on any atom is -0.494 e. The van der Waals surface area contributed by atoms with Gasteiger partial charge in [-0.1, -0.05) is 12.1 Å². The summed E-state index contributed by atoms with van der Waals surface area (Å²) in [5.41, 5.74) is 2.08. The van der Waals surface area contributed by atoms with Crippen LogP contribution in [-0.4, -0.2) is 17.7 Å². The predicted molar refractivity (Wildman–Crippen MR) is 84.9 cm³/mol. The van der Waals surface area contributed by atoms with Crippen LogP contribution in [0.3, 0.4) is 0 Å². The minimum absolute atomic E-state index is 0.103. The topological polar surface area (TPSA) is 43.4 Å². The highest BCUT2D eigenvalue weighted by Crippen LogP contribution is 2.22. The largest absolute Gasteiger partial charge is 0.494 e. The second-order valence-corrected chi connectivity index (χ2v) is 4.95. The molecule has 0 aliphatic heterocycles. The van der Waals surface area contributed by atoms with Crippen LogP contribution in [0.15, 0.2) is 42.6 Å². The molecule has 4 nitrogen and oxygen atoms in total. The van der Waals surface area contributed by atoms with E-state index in [1.165, 1.54) is 5.56 Å². The van der Waals surface area contributed by atoms with E-state index in [0.29, 0.717) is 19.0 Å². The van der Waals surface area contributed by atoms with Crippen molar-refractivity contribution >= 4 is 5.69 Å². The van der Waals surface area contributed by atoms with Crippen LogP contribution in [0.25, 0.3) is 0 Å². The van der Waals surface area contributed by atoms with E-state index in [9.17, 15) is 0 Å². The van der Waals surface area contributed by atoms with E-state index in [4.69, 9.17) is 9.47 Å². The van der Waals surface area contributed by atoms with Crippen LogP contribution in [0.2, 0.25) is 0 Å². The third kappa shape index (κ3) is 4.67. The van der Waals surface area contributed by atoms with Crippen LogP contribution >= 0.6 is 0 Å². The molecule has 0 unspecified atom stereocenters. The number of ether oxygens (including phenoxy) is 2. The van der Waals surface area contributed by atoms with Crippen LogP contribution in [-0.2, 0) is 6.54 Å².